The van der Waals surface area contributed by atoms with E-state index < -0.39 is 23.7 Å². The van der Waals surface area contributed by atoms with Crippen molar-refractivity contribution in [2.75, 3.05) is 26.2 Å². The van der Waals surface area contributed by atoms with E-state index in [4.69, 9.17) is 19.9 Å². The number of nitriles is 1. The number of methoxy groups -OCH3 is 3. The van der Waals surface area contributed by atoms with Crippen molar-refractivity contribution in [2.45, 2.75) is 5.92 Å². The monoisotopic (exact) mass is 437 g/mol. The number of carbonyl (C=O) groups excluding carboxylic acids is 2. The Morgan fingerprint density at radius 2 is 1.59 bits per heavy atom. The molecule has 0 aromatic heterocycles. The van der Waals surface area contributed by atoms with Crippen LogP contribution in [-0.4, -0.2) is 33.3 Å². The van der Waals surface area contributed by atoms with Gasteiger partial charge in [0.25, 0.3) is 0 Å². The first kappa shape index (κ1) is 22.4. The van der Waals surface area contributed by atoms with E-state index in [1.807, 2.05) is 6.07 Å². The van der Waals surface area contributed by atoms with E-state index in [2.05, 4.69) is 0 Å². The summed E-state index contributed by atoms with van der Waals surface area (Å²) in [5.74, 6) is -2.80. The molecule has 3 rings (SSSR count). The third-order valence-electron chi connectivity index (χ3n) is 5.01. The fourth-order valence-corrected chi connectivity index (χ4v) is 3.52. The highest BCUT2D eigenvalue weighted by molar-refractivity contribution is 6.06. The van der Waals surface area contributed by atoms with Crippen LogP contribution in [0.15, 0.2) is 71.2 Å². The first-order valence-electron chi connectivity index (χ1n) is 9.38. The first-order valence-corrected chi connectivity index (χ1v) is 9.38. The Morgan fingerprint density at radius 1 is 1.00 bits per heavy atom. The lowest BCUT2D eigenvalue weighted by Crippen LogP contribution is -2.40. The normalized spacial score (nSPS) is 15.8. The van der Waals surface area contributed by atoms with Gasteiger partial charge in [0.1, 0.15) is 23.1 Å². The third-order valence-corrected chi connectivity index (χ3v) is 5.01. The van der Waals surface area contributed by atoms with Gasteiger partial charge in [-0.1, -0.05) is 12.1 Å². The summed E-state index contributed by atoms with van der Waals surface area (Å²) in [6.07, 6.45) is 0. The summed E-state index contributed by atoms with van der Waals surface area (Å²) in [6, 6.07) is 13.7. The number of benzene rings is 2. The molecule has 2 aromatic carbocycles. The van der Waals surface area contributed by atoms with Gasteiger partial charge in [0.05, 0.1) is 44.5 Å². The fourth-order valence-electron chi connectivity index (χ4n) is 3.52. The molecule has 0 saturated carbocycles. The van der Waals surface area contributed by atoms with Gasteiger partial charge in [0.15, 0.2) is 0 Å². The maximum absolute atomic E-state index is 13.5. The largest absolute Gasteiger partial charge is 0.497 e. The minimum absolute atomic E-state index is 0.00699. The molecule has 0 saturated heterocycles. The quantitative estimate of drug-likeness (QED) is 0.710. The van der Waals surface area contributed by atoms with Gasteiger partial charge in [-0.3, -0.25) is 4.90 Å². The molecule has 164 valence electrons. The van der Waals surface area contributed by atoms with Gasteiger partial charge >= 0.3 is 11.9 Å². The zero-order valence-electron chi connectivity index (χ0n) is 17.6. The molecule has 1 aliphatic heterocycles. The Kier molecular flexibility index (Phi) is 6.45. The average molecular weight is 437 g/mol. The lowest BCUT2D eigenvalue weighted by Gasteiger charge is -2.35. The molecule has 0 spiro atoms. The van der Waals surface area contributed by atoms with Crippen molar-refractivity contribution in [2.24, 2.45) is 5.73 Å². The van der Waals surface area contributed by atoms with Gasteiger partial charge < -0.3 is 19.9 Å². The second kappa shape index (κ2) is 9.22. The predicted octanol–water partition coefficient (Wildman–Crippen LogP) is 2.73. The number of halogens is 1. The summed E-state index contributed by atoms with van der Waals surface area (Å²) < 4.78 is 28.6. The smallest absolute Gasteiger partial charge is 0.355 e. The van der Waals surface area contributed by atoms with Crippen molar-refractivity contribution in [3.05, 3.63) is 82.6 Å². The van der Waals surface area contributed by atoms with Gasteiger partial charge in [-0.05, 0) is 42.0 Å². The van der Waals surface area contributed by atoms with Crippen LogP contribution in [0.25, 0.3) is 0 Å². The summed E-state index contributed by atoms with van der Waals surface area (Å²) in [5, 5.41) is 9.97. The third kappa shape index (κ3) is 3.86. The minimum Gasteiger partial charge on any atom is -0.497 e. The standard InChI is InChI=1S/C23H20FN3O5/c1-30-16-10-4-13(5-11-16)18-17(12-25)21(26)27(15-8-6-14(24)7-9-15)20(23(29)32-3)19(18)22(28)31-2/h4-11,18H,26H2,1-3H3/t18-/m0/s1. The first-order chi connectivity index (χ1) is 15.4. The minimum atomic E-state index is -1.01. The molecule has 0 bridgehead atoms. The van der Waals surface area contributed by atoms with Crippen LogP contribution in [0.4, 0.5) is 10.1 Å². The molecule has 0 radical (unpaired) electrons. The number of carbonyl (C=O) groups is 2. The number of nitrogens with two attached hydrogens (primary N) is 1. The van der Waals surface area contributed by atoms with Gasteiger partial charge in [0, 0.05) is 5.69 Å². The molecule has 1 aliphatic rings. The van der Waals surface area contributed by atoms with E-state index in [-0.39, 0.29) is 28.4 Å². The highest BCUT2D eigenvalue weighted by Gasteiger charge is 2.43. The van der Waals surface area contributed by atoms with Crippen molar-refractivity contribution >= 4 is 17.6 Å². The van der Waals surface area contributed by atoms with Crippen LogP contribution >= 0.6 is 0 Å². The van der Waals surface area contributed by atoms with Crippen LogP contribution in [0.3, 0.4) is 0 Å². The molecule has 8 nitrogen and oxygen atoms in total. The van der Waals surface area contributed by atoms with Crippen LogP contribution in [0, 0.1) is 17.1 Å². The molecular weight excluding hydrogens is 417 g/mol. The summed E-state index contributed by atoms with van der Waals surface area (Å²) in [6.45, 7) is 0. The molecule has 0 unspecified atom stereocenters. The molecule has 32 heavy (non-hydrogen) atoms. The molecule has 0 amide bonds. The SMILES string of the molecule is COC(=O)C1=C(C(=O)OC)N(c2ccc(F)cc2)C(N)=C(C#N)[C@@H]1c1ccc(OC)cc1. The number of hydrogen-bond acceptors (Lipinski definition) is 8. The van der Waals surface area contributed by atoms with Crippen molar-refractivity contribution in [3.8, 4) is 11.8 Å². The van der Waals surface area contributed by atoms with E-state index in [0.29, 0.717) is 11.3 Å². The number of ether oxygens (including phenoxy) is 3. The summed E-state index contributed by atoms with van der Waals surface area (Å²) >= 11 is 0. The van der Waals surface area contributed by atoms with Crippen molar-refractivity contribution in [1.29, 1.82) is 5.26 Å². The molecule has 1 heterocycles. The molecule has 2 N–H and O–H groups in total. The zero-order valence-corrected chi connectivity index (χ0v) is 17.6. The van der Waals surface area contributed by atoms with Gasteiger partial charge in [0.2, 0.25) is 0 Å². The maximum Gasteiger partial charge on any atom is 0.355 e. The van der Waals surface area contributed by atoms with E-state index in [1.165, 1.54) is 24.1 Å². The topological polar surface area (TPSA) is 115 Å². The van der Waals surface area contributed by atoms with Gasteiger partial charge in [-0.15, -0.1) is 0 Å². The van der Waals surface area contributed by atoms with Crippen molar-refractivity contribution in [1.82, 2.24) is 0 Å². The van der Waals surface area contributed by atoms with E-state index >= 15 is 0 Å². The van der Waals surface area contributed by atoms with Crippen LogP contribution in [0.5, 0.6) is 5.75 Å². The van der Waals surface area contributed by atoms with Gasteiger partial charge in [-0.2, -0.15) is 5.26 Å². The number of hydrogen-bond donors (Lipinski definition) is 1. The van der Waals surface area contributed by atoms with Crippen LogP contribution < -0.4 is 15.4 Å². The Balaban J connectivity index is 2.37. The average Bonchev–Trinajstić information content (AvgIpc) is 2.83. The predicted molar refractivity (Wildman–Crippen MR) is 112 cm³/mol. The Bertz CT molecular complexity index is 1150. The highest BCUT2D eigenvalue weighted by Crippen LogP contribution is 2.43. The summed E-state index contributed by atoms with van der Waals surface area (Å²) in [7, 11) is 3.81. The second-order valence-electron chi connectivity index (χ2n) is 6.67. The lowest BCUT2D eigenvalue weighted by molar-refractivity contribution is -0.139. The molecule has 1 atom stereocenters. The van der Waals surface area contributed by atoms with Crippen molar-refractivity contribution < 1.29 is 28.2 Å². The number of rotatable bonds is 5. The zero-order chi connectivity index (χ0) is 23.4. The number of anilines is 1. The lowest BCUT2D eigenvalue weighted by atomic mass is 9.81. The molecular formula is C23H20FN3O5. The number of nitrogens with zero attached hydrogens (tertiary/aromatic N) is 2. The molecule has 9 heteroatoms. The van der Waals surface area contributed by atoms with E-state index in [1.54, 1.807) is 24.3 Å². The van der Waals surface area contributed by atoms with E-state index in [0.717, 1.165) is 26.4 Å². The Hall–Kier alpha value is -4.32. The van der Waals surface area contributed by atoms with Crippen LogP contribution in [0.1, 0.15) is 11.5 Å². The Labute approximate surface area is 183 Å². The molecule has 0 aliphatic carbocycles. The Morgan fingerprint density at radius 3 is 2.09 bits per heavy atom. The van der Waals surface area contributed by atoms with Crippen LogP contribution in [-0.2, 0) is 19.1 Å². The molecule has 2 aromatic rings. The fraction of sp³-hybridized carbons (Fsp3) is 0.174. The van der Waals surface area contributed by atoms with E-state index in [9.17, 15) is 19.2 Å². The summed E-state index contributed by atoms with van der Waals surface area (Å²) in [4.78, 5) is 27.0. The summed E-state index contributed by atoms with van der Waals surface area (Å²) in [5.41, 5.74) is 6.74. The molecule has 0 fully saturated rings. The maximum atomic E-state index is 13.5. The van der Waals surface area contributed by atoms with Gasteiger partial charge in [-0.25, -0.2) is 14.0 Å². The second-order valence-corrected chi connectivity index (χ2v) is 6.67. The highest BCUT2D eigenvalue weighted by atomic mass is 19.1. The number of allylic oxidation sites excluding steroid dienone is 1. The number of esters is 2. The van der Waals surface area contributed by atoms with Crippen molar-refractivity contribution in [3.63, 3.8) is 0 Å². The van der Waals surface area contributed by atoms with Crippen LogP contribution in [0.2, 0.25) is 0 Å².